The van der Waals surface area contributed by atoms with Crippen molar-refractivity contribution in [1.29, 1.82) is 0 Å². The van der Waals surface area contributed by atoms with Crippen LogP contribution < -0.4 is 5.32 Å². The molecule has 0 radical (unpaired) electrons. The zero-order valence-corrected chi connectivity index (χ0v) is 10.5. The molecule has 0 fully saturated rings. The molecule has 0 saturated carbocycles. The molecule has 3 rings (SSSR count). The second-order valence-electron chi connectivity index (χ2n) is 4.34. The van der Waals surface area contributed by atoms with E-state index in [0.717, 1.165) is 24.5 Å². The first-order chi connectivity index (χ1) is 9.40. The maximum absolute atomic E-state index is 4.21. The summed E-state index contributed by atoms with van der Waals surface area (Å²) < 4.78 is 1.91. The Morgan fingerprint density at radius 3 is 2.95 bits per heavy atom. The third-order valence-electron chi connectivity index (χ3n) is 2.87. The second kappa shape index (κ2) is 5.39. The summed E-state index contributed by atoms with van der Waals surface area (Å²) in [6.45, 7) is 1.53. The summed E-state index contributed by atoms with van der Waals surface area (Å²) in [5.74, 6) is 0. The molecule has 5 nitrogen and oxygen atoms in total. The van der Waals surface area contributed by atoms with E-state index in [4.69, 9.17) is 0 Å². The van der Waals surface area contributed by atoms with Gasteiger partial charge in [-0.25, -0.2) is 0 Å². The van der Waals surface area contributed by atoms with E-state index in [0.29, 0.717) is 0 Å². The lowest BCUT2D eigenvalue weighted by molar-refractivity contribution is 0.687. The third-order valence-corrected chi connectivity index (χ3v) is 2.87. The predicted molar refractivity (Wildman–Crippen MR) is 73.7 cm³/mol. The van der Waals surface area contributed by atoms with Crippen molar-refractivity contribution < 1.29 is 0 Å². The number of nitrogens with one attached hydrogen (secondary N) is 2. The average Bonchev–Trinajstić information content (AvgIpc) is 3.10. The van der Waals surface area contributed by atoms with Crippen LogP contribution in [0.2, 0.25) is 0 Å². The first-order valence-corrected chi connectivity index (χ1v) is 6.19. The summed E-state index contributed by atoms with van der Waals surface area (Å²) in [4.78, 5) is 0. The highest BCUT2D eigenvalue weighted by Crippen LogP contribution is 2.12. The molecule has 19 heavy (non-hydrogen) atoms. The minimum atomic E-state index is 0.741. The fourth-order valence-corrected chi connectivity index (χ4v) is 1.94. The quantitative estimate of drug-likeness (QED) is 0.733. The molecule has 2 aromatic heterocycles. The topological polar surface area (TPSA) is 58.5 Å². The first kappa shape index (κ1) is 11.5. The molecule has 0 aliphatic carbocycles. The number of nitrogens with zero attached hydrogens (tertiary/aromatic N) is 3. The van der Waals surface area contributed by atoms with E-state index in [1.807, 2.05) is 29.1 Å². The van der Waals surface area contributed by atoms with Gasteiger partial charge in [-0.1, -0.05) is 12.1 Å². The molecule has 96 valence electrons. The molecule has 0 saturated heterocycles. The summed E-state index contributed by atoms with van der Waals surface area (Å²) in [7, 11) is 0. The van der Waals surface area contributed by atoms with Crippen LogP contribution in [0.1, 0.15) is 11.3 Å². The first-order valence-electron chi connectivity index (χ1n) is 6.19. The molecule has 0 unspecified atom stereocenters. The van der Waals surface area contributed by atoms with Crippen LogP contribution in [0, 0.1) is 0 Å². The monoisotopic (exact) mass is 253 g/mol. The molecule has 0 atom stereocenters. The van der Waals surface area contributed by atoms with Crippen LogP contribution >= 0.6 is 0 Å². The highest BCUT2D eigenvalue weighted by molar-refractivity contribution is 5.45. The molecular weight excluding hydrogens is 238 g/mol. The van der Waals surface area contributed by atoms with Crippen LogP contribution in [-0.4, -0.2) is 20.0 Å². The average molecular weight is 253 g/mol. The number of aromatic amines is 1. The fourth-order valence-electron chi connectivity index (χ4n) is 1.94. The number of aromatic nitrogens is 4. The number of hydrogen-bond acceptors (Lipinski definition) is 3. The molecule has 0 spiro atoms. The standard InChI is InChI=1S/C14H15N5/c1-3-12(11-19-8-2-6-17-19)9-13(4-1)15-10-14-5-7-16-18-14/h1-9,15H,10-11H2,(H,16,18). The maximum Gasteiger partial charge on any atom is 0.0660 e. The van der Waals surface area contributed by atoms with Crippen LogP contribution in [0.25, 0.3) is 0 Å². The van der Waals surface area contributed by atoms with Crippen molar-refractivity contribution in [2.45, 2.75) is 13.1 Å². The zero-order chi connectivity index (χ0) is 12.9. The maximum atomic E-state index is 4.21. The number of benzene rings is 1. The van der Waals surface area contributed by atoms with Crippen molar-refractivity contribution in [1.82, 2.24) is 20.0 Å². The molecule has 2 N–H and O–H groups in total. The smallest absolute Gasteiger partial charge is 0.0660 e. The Morgan fingerprint density at radius 2 is 2.16 bits per heavy atom. The molecule has 5 heteroatoms. The van der Waals surface area contributed by atoms with Crippen molar-refractivity contribution in [2.75, 3.05) is 5.32 Å². The Bertz CT molecular complexity index is 613. The van der Waals surface area contributed by atoms with Crippen LogP contribution in [0.5, 0.6) is 0 Å². The van der Waals surface area contributed by atoms with Gasteiger partial charge >= 0.3 is 0 Å². The number of hydrogen-bond donors (Lipinski definition) is 2. The Hall–Kier alpha value is -2.56. The Kier molecular flexibility index (Phi) is 3.27. The SMILES string of the molecule is c1cc(Cn2cccn2)cc(NCc2ccn[nH]2)c1. The van der Waals surface area contributed by atoms with Crippen LogP contribution in [0.15, 0.2) is 55.0 Å². The van der Waals surface area contributed by atoms with Crippen molar-refractivity contribution >= 4 is 5.69 Å². The van der Waals surface area contributed by atoms with E-state index in [1.165, 1.54) is 5.56 Å². The highest BCUT2D eigenvalue weighted by atomic mass is 15.3. The van der Waals surface area contributed by atoms with Gasteiger partial charge in [0.1, 0.15) is 0 Å². The molecular formula is C14H15N5. The van der Waals surface area contributed by atoms with Gasteiger partial charge in [-0.3, -0.25) is 9.78 Å². The zero-order valence-electron chi connectivity index (χ0n) is 10.5. The van der Waals surface area contributed by atoms with Gasteiger partial charge in [-0.05, 0) is 29.8 Å². The normalized spacial score (nSPS) is 10.5. The number of H-pyrrole nitrogens is 1. The van der Waals surface area contributed by atoms with Gasteiger partial charge in [0.25, 0.3) is 0 Å². The number of anilines is 1. The molecule has 2 heterocycles. The lowest BCUT2D eigenvalue weighted by atomic mass is 10.2. The lowest BCUT2D eigenvalue weighted by Gasteiger charge is -2.07. The van der Waals surface area contributed by atoms with Gasteiger partial charge < -0.3 is 5.32 Å². The molecule has 1 aromatic carbocycles. The lowest BCUT2D eigenvalue weighted by Crippen LogP contribution is -2.03. The minimum Gasteiger partial charge on any atom is -0.379 e. The van der Waals surface area contributed by atoms with Crippen molar-refractivity contribution in [3.8, 4) is 0 Å². The van der Waals surface area contributed by atoms with Gasteiger partial charge in [-0.2, -0.15) is 10.2 Å². The Morgan fingerprint density at radius 1 is 1.16 bits per heavy atom. The largest absolute Gasteiger partial charge is 0.379 e. The van der Waals surface area contributed by atoms with Gasteiger partial charge in [-0.15, -0.1) is 0 Å². The van der Waals surface area contributed by atoms with Crippen molar-refractivity contribution in [3.05, 3.63) is 66.2 Å². The molecule has 0 bridgehead atoms. The van der Waals surface area contributed by atoms with E-state index in [2.05, 4.69) is 38.8 Å². The van der Waals surface area contributed by atoms with Gasteiger partial charge in [0.2, 0.25) is 0 Å². The Balaban J connectivity index is 1.66. The fraction of sp³-hybridized carbons (Fsp3) is 0.143. The van der Waals surface area contributed by atoms with Gasteiger partial charge in [0, 0.05) is 24.3 Å². The number of rotatable bonds is 5. The molecule has 0 amide bonds. The summed E-state index contributed by atoms with van der Waals surface area (Å²) in [5.41, 5.74) is 3.38. The van der Waals surface area contributed by atoms with E-state index >= 15 is 0 Å². The van der Waals surface area contributed by atoms with Gasteiger partial charge in [0.15, 0.2) is 0 Å². The van der Waals surface area contributed by atoms with Crippen molar-refractivity contribution in [3.63, 3.8) is 0 Å². The summed E-state index contributed by atoms with van der Waals surface area (Å²) in [6.07, 6.45) is 5.51. The van der Waals surface area contributed by atoms with E-state index in [1.54, 1.807) is 12.4 Å². The van der Waals surface area contributed by atoms with E-state index < -0.39 is 0 Å². The second-order valence-corrected chi connectivity index (χ2v) is 4.34. The Labute approximate surface area is 111 Å². The minimum absolute atomic E-state index is 0.741. The summed E-state index contributed by atoms with van der Waals surface area (Å²) in [5, 5.41) is 14.4. The van der Waals surface area contributed by atoms with Crippen LogP contribution in [-0.2, 0) is 13.1 Å². The summed E-state index contributed by atoms with van der Waals surface area (Å²) >= 11 is 0. The van der Waals surface area contributed by atoms with Crippen molar-refractivity contribution in [2.24, 2.45) is 0 Å². The molecule has 0 aliphatic rings. The van der Waals surface area contributed by atoms with Crippen LogP contribution in [0.4, 0.5) is 5.69 Å². The highest BCUT2D eigenvalue weighted by Gasteiger charge is 1.98. The molecule has 3 aromatic rings. The van der Waals surface area contributed by atoms with Gasteiger partial charge in [0.05, 0.1) is 18.8 Å². The summed E-state index contributed by atoms with van der Waals surface area (Å²) in [6, 6.07) is 12.2. The molecule has 0 aliphatic heterocycles. The van der Waals surface area contributed by atoms with E-state index in [-0.39, 0.29) is 0 Å². The van der Waals surface area contributed by atoms with E-state index in [9.17, 15) is 0 Å². The third kappa shape index (κ3) is 3.01. The predicted octanol–water partition coefficient (Wildman–Crippen LogP) is 2.27. The van der Waals surface area contributed by atoms with Crippen LogP contribution in [0.3, 0.4) is 0 Å².